The third-order valence-corrected chi connectivity index (χ3v) is 5.55. The molecule has 3 aromatic carbocycles. The van der Waals surface area contributed by atoms with Crippen LogP contribution in [0.1, 0.15) is 15.9 Å². The fourth-order valence-electron chi connectivity index (χ4n) is 3.80. The molecule has 0 atom stereocenters. The number of rotatable bonds is 6. The number of carbonyl (C=O) groups is 1. The molecule has 0 unspecified atom stereocenters. The summed E-state index contributed by atoms with van der Waals surface area (Å²) in [6, 6.07) is 22.9. The molecule has 35 heavy (non-hydrogen) atoms. The van der Waals surface area contributed by atoms with Crippen molar-refractivity contribution in [2.45, 2.75) is 6.92 Å². The number of anilines is 5. The number of nitrogens with one attached hydrogen (secondary N) is 3. The van der Waals surface area contributed by atoms with Crippen LogP contribution in [0.15, 0.2) is 97.5 Å². The van der Waals surface area contributed by atoms with Crippen molar-refractivity contribution in [3.63, 3.8) is 0 Å². The molecule has 0 aliphatic heterocycles. The molecule has 7 heteroatoms. The van der Waals surface area contributed by atoms with Gasteiger partial charge in [-0.3, -0.25) is 14.8 Å². The molecule has 0 spiro atoms. The van der Waals surface area contributed by atoms with Crippen molar-refractivity contribution in [2.24, 2.45) is 0 Å². The average molecular weight is 464 g/mol. The lowest BCUT2D eigenvalue weighted by atomic mass is 10.1. The lowest BCUT2D eigenvalue weighted by molar-refractivity contribution is 0.102. The maximum absolute atomic E-state index is 13.8. The first-order valence-electron chi connectivity index (χ1n) is 11.1. The van der Waals surface area contributed by atoms with Crippen molar-refractivity contribution in [3.05, 3.63) is 114 Å². The van der Waals surface area contributed by atoms with Crippen molar-refractivity contribution in [2.75, 3.05) is 16.0 Å². The van der Waals surface area contributed by atoms with Crippen LogP contribution in [-0.2, 0) is 0 Å². The second kappa shape index (κ2) is 9.61. The van der Waals surface area contributed by atoms with Crippen LogP contribution in [0.4, 0.5) is 32.8 Å². The van der Waals surface area contributed by atoms with Crippen molar-refractivity contribution < 1.29 is 9.18 Å². The zero-order valence-electron chi connectivity index (χ0n) is 18.9. The predicted octanol–water partition coefficient (Wildman–Crippen LogP) is 6.82. The number of pyridine rings is 2. The van der Waals surface area contributed by atoms with Crippen molar-refractivity contribution in [1.29, 1.82) is 0 Å². The van der Waals surface area contributed by atoms with E-state index in [1.54, 1.807) is 48.9 Å². The summed E-state index contributed by atoms with van der Waals surface area (Å²) in [6.45, 7) is 1.98. The highest BCUT2D eigenvalue weighted by molar-refractivity contribution is 6.05. The molecule has 0 saturated carbocycles. The SMILES string of the molecule is Cc1cc(NC(=O)c2cccc(Nc3ccnc4ccc(F)cc34)c2)ccc1Nc1ccncc1. The Morgan fingerprint density at radius 2 is 1.60 bits per heavy atom. The molecule has 0 aliphatic rings. The van der Waals surface area contributed by atoms with E-state index < -0.39 is 0 Å². The summed E-state index contributed by atoms with van der Waals surface area (Å²) in [6.07, 6.45) is 5.12. The maximum atomic E-state index is 13.8. The lowest BCUT2D eigenvalue weighted by Crippen LogP contribution is -2.12. The minimum absolute atomic E-state index is 0.228. The van der Waals surface area contributed by atoms with Crippen LogP contribution < -0.4 is 16.0 Å². The van der Waals surface area contributed by atoms with E-state index in [2.05, 4.69) is 25.9 Å². The Bertz CT molecular complexity index is 1520. The van der Waals surface area contributed by atoms with Gasteiger partial charge in [0.1, 0.15) is 5.82 Å². The van der Waals surface area contributed by atoms with Gasteiger partial charge in [0.05, 0.1) is 5.52 Å². The van der Waals surface area contributed by atoms with Gasteiger partial charge in [-0.2, -0.15) is 0 Å². The molecule has 5 aromatic rings. The number of amides is 1. The van der Waals surface area contributed by atoms with Gasteiger partial charge in [0, 0.05) is 58.0 Å². The first kappa shape index (κ1) is 22.0. The molecule has 6 nitrogen and oxygen atoms in total. The zero-order chi connectivity index (χ0) is 24.2. The van der Waals surface area contributed by atoms with Crippen LogP contribution in [0.5, 0.6) is 0 Å². The number of hydrogen-bond donors (Lipinski definition) is 3. The van der Waals surface area contributed by atoms with Crippen molar-refractivity contribution in [3.8, 4) is 0 Å². The highest BCUT2D eigenvalue weighted by Gasteiger charge is 2.10. The van der Waals surface area contributed by atoms with E-state index in [1.165, 1.54) is 12.1 Å². The van der Waals surface area contributed by atoms with Gasteiger partial charge < -0.3 is 16.0 Å². The van der Waals surface area contributed by atoms with Crippen LogP contribution in [0.3, 0.4) is 0 Å². The summed E-state index contributed by atoms with van der Waals surface area (Å²) in [5, 5.41) is 10.2. The number of hydrogen-bond acceptors (Lipinski definition) is 5. The van der Waals surface area contributed by atoms with Crippen LogP contribution in [0, 0.1) is 12.7 Å². The third kappa shape index (κ3) is 5.09. The van der Waals surface area contributed by atoms with E-state index >= 15 is 0 Å². The highest BCUT2D eigenvalue weighted by Crippen LogP contribution is 2.27. The van der Waals surface area contributed by atoms with Crippen molar-refractivity contribution in [1.82, 2.24) is 9.97 Å². The zero-order valence-corrected chi connectivity index (χ0v) is 18.9. The first-order valence-corrected chi connectivity index (χ1v) is 11.1. The molecule has 2 heterocycles. The molecule has 2 aromatic heterocycles. The molecule has 172 valence electrons. The third-order valence-electron chi connectivity index (χ3n) is 5.55. The second-order valence-corrected chi connectivity index (χ2v) is 8.07. The van der Waals surface area contributed by atoms with Gasteiger partial charge in [0.2, 0.25) is 0 Å². The van der Waals surface area contributed by atoms with Crippen molar-refractivity contribution >= 4 is 45.2 Å². The maximum Gasteiger partial charge on any atom is 0.255 e. The number of halogens is 1. The van der Waals surface area contributed by atoms with E-state index in [0.717, 1.165) is 16.9 Å². The van der Waals surface area contributed by atoms with E-state index in [1.807, 2.05) is 43.3 Å². The van der Waals surface area contributed by atoms with Gasteiger partial charge in [-0.15, -0.1) is 0 Å². The average Bonchev–Trinajstić information content (AvgIpc) is 2.87. The number of fused-ring (bicyclic) bond motifs is 1. The summed E-state index contributed by atoms with van der Waals surface area (Å²) < 4.78 is 13.8. The van der Waals surface area contributed by atoms with Crippen LogP contribution >= 0.6 is 0 Å². The Labute approximate surface area is 201 Å². The quantitative estimate of drug-likeness (QED) is 0.258. The molecular weight excluding hydrogens is 441 g/mol. The molecule has 0 radical (unpaired) electrons. The van der Waals surface area contributed by atoms with Gasteiger partial charge in [-0.25, -0.2) is 4.39 Å². The molecule has 0 saturated heterocycles. The van der Waals surface area contributed by atoms with Gasteiger partial charge in [-0.1, -0.05) is 6.07 Å². The number of nitrogens with zero attached hydrogens (tertiary/aromatic N) is 2. The highest BCUT2D eigenvalue weighted by atomic mass is 19.1. The molecule has 0 aliphatic carbocycles. The Balaban J connectivity index is 1.31. The molecule has 0 fully saturated rings. The van der Waals surface area contributed by atoms with Crippen LogP contribution in [0.2, 0.25) is 0 Å². The van der Waals surface area contributed by atoms with E-state index in [9.17, 15) is 9.18 Å². The van der Waals surface area contributed by atoms with E-state index in [0.29, 0.717) is 33.5 Å². The van der Waals surface area contributed by atoms with Gasteiger partial charge in [-0.05, 0) is 85.3 Å². The van der Waals surface area contributed by atoms with Gasteiger partial charge in [0.15, 0.2) is 0 Å². The Morgan fingerprint density at radius 3 is 2.43 bits per heavy atom. The molecule has 3 N–H and O–H groups in total. The molecule has 1 amide bonds. The molecule has 0 bridgehead atoms. The summed E-state index contributed by atoms with van der Waals surface area (Å²) >= 11 is 0. The number of aryl methyl sites for hydroxylation is 1. The Hall–Kier alpha value is -4.78. The van der Waals surface area contributed by atoms with Gasteiger partial charge in [0.25, 0.3) is 5.91 Å². The first-order chi connectivity index (χ1) is 17.0. The topological polar surface area (TPSA) is 78.9 Å². The summed E-state index contributed by atoms with van der Waals surface area (Å²) in [4.78, 5) is 21.2. The number of aromatic nitrogens is 2. The summed E-state index contributed by atoms with van der Waals surface area (Å²) in [5.41, 5.74) is 6.17. The number of benzene rings is 3. The summed E-state index contributed by atoms with van der Waals surface area (Å²) in [5.74, 6) is -0.563. The van der Waals surface area contributed by atoms with Gasteiger partial charge >= 0.3 is 0 Å². The fraction of sp³-hybridized carbons (Fsp3) is 0.0357. The molecular formula is C28H22FN5O. The predicted molar refractivity (Wildman–Crippen MR) is 138 cm³/mol. The van der Waals surface area contributed by atoms with E-state index in [4.69, 9.17) is 0 Å². The minimum Gasteiger partial charge on any atom is -0.355 e. The second-order valence-electron chi connectivity index (χ2n) is 8.07. The molecule has 5 rings (SSSR count). The fourth-order valence-corrected chi connectivity index (χ4v) is 3.80. The Kier molecular flexibility index (Phi) is 6.05. The van der Waals surface area contributed by atoms with Crippen LogP contribution in [0.25, 0.3) is 10.9 Å². The normalized spacial score (nSPS) is 10.7. The standard InChI is InChI=1S/C28H22FN5O/c1-18-15-23(6-8-25(18)32-21-9-12-30-13-10-21)34-28(35)19-3-2-4-22(16-19)33-27-11-14-31-26-7-5-20(29)17-24(26)27/h2-17H,1H3,(H,30,32)(H,31,33)(H,34,35). The lowest BCUT2D eigenvalue weighted by Gasteiger charge is -2.13. The largest absolute Gasteiger partial charge is 0.355 e. The number of carbonyl (C=O) groups excluding carboxylic acids is 1. The van der Waals surface area contributed by atoms with E-state index in [-0.39, 0.29) is 11.7 Å². The van der Waals surface area contributed by atoms with Crippen LogP contribution in [-0.4, -0.2) is 15.9 Å². The Morgan fingerprint density at radius 1 is 0.771 bits per heavy atom. The summed E-state index contributed by atoms with van der Waals surface area (Å²) in [7, 11) is 0. The minimum atomic E-state index is -0.334. The monoisotopic (exact) mass is 463 g/mol. The smallest absolute Gasteiger partial charge is 0.255 e.